The predicted molar refractivity (Wildman–Crippen MR) is 128 cm³/mol. The number of likely N-dealkylation sites (tertiary alicyclic amines) is 1. The number of amides is 1. The van der Waals surface area contributed by atoms with E-state index in [1.807, 2.05) is 93.6 Å². The fourth-order valence-corrected chi connectivity index (χ4v) is 4.22. The molecule has 5 nitrogen and oxygen atoms in total. The molecule has 1 heterocycles. The van der Waals surface area contributed by atoms with Crippen LogP contribution >= 0.6 is 0 Å². The number of carbonyl (C=O) groups is 2. The van der Waals surface area contributed by atoms with Crippen molar-refractivity contribution in [3.63, 3.8) is 0 Å². The monoisotopic (exact) mass is 441 g/mol. The van der Waals surface area contributed by atoms with Crippen molar-refractivity contribution in [2.24, 2.45) is 0 Å². The van der Waals surface area contributed by atoms with Gasteiger partial charge in [-0.05, 0) is 55.7 Å². The number of ether oxygens (including phenoxy) is 1. The molecule has 3 aromatic rings. The highest BCUT2D eigenvalue weighted by Crippen LogP contribution is 2.41. The Labute approximate surface area is 193 Å². The second-order valence-electron chi connectivity index (χ2n) is 8.23. The van der Waals surface area contributed by atoms with Gasteiger partial charge < -0.3 is 14.7 Å². The van der Waals surface area contributed by atoms with Gasteiger partial charge in [-0.15, -0.1) is 0 Å². The summed E-state index contributed by atoms with van der Waals surface area (Å²) >= 11 is 0. The van der Waals surface area contributed by atoms with Crippen molar-refractivity contribution in [3.05, 3.63) is 106 Å². The maximum atomic E-state index is 13.2. The number of aryl methyl sites for hydroxylation is 2. The van der Waals surface area contributed by atoms with Crippen LogP contribution in [0.4, 0.5) is 0 Å². The Morgan fingerprint density at radius 3 is 2.33 bits per heavy atom. The Hall–Kier alpha value is -3.86. The van der Waals surface area contributed by atoms with E-state index < -0.39 is 17.7 Å². The van der Waals surface area contributed by atoms with E-state index in [0.29, 0.717) is 17.9 Å². The van der Waals surface area contributed by atoms with E-state index >= 15 is 0 Å². The third kappa shape index (κ3) is 4.40. The summed E-state index contributed by atoms with van der Waals surface area (Å²) in [5.41, 5.74) is 4.09. The summed E-state index contributed by atoms with van der Waals surface area (Å²) in [6, 6.07) is 21.8. The molecule has 168 valence electrons. The summed E-state index contributed by atoms with van der Waals surface area (Å²) in [6.45, 7) is 6.51. The molecule has 0 saturated carbocycles. The normalized spacial score (nSPS) is 17.4. The molecule has 1 aliphatic rings. The lowest BCUT2D eigenvalue weighted by molar-refractivity contribution is -0.140. The van der Waals surface area contributed by atoms with Crippen LogP contribution in [0, 0.1) is 13.8 Å². The highest BCUT2D eigenvalue weighted by Gasteiger charge is 2.46. The van der Waals surface area contributed by atoms with Crippen molar-refractivity contribution in [2.45, 2.75) is 33.4 Å². The SMILES string of the molecule is CCOc1ccc(C2C(=C(O)c3cc(C)ccc3C)C(=O)C(=O)N2Cc2ccccc2)cc1. The zero-order chi connectivity index (χ0) is 23.5. The summed E-state index contributed by atoms with van der Waals surface area (Å²) in [5.74, 6) is -0.743. The van der Waals surface area contributed by atoms with Crippen LogP contribution in [0.1, 0.15) is 40.8 Å². The van der Waals surface area contributed by atoms with Crippen LogP contribution in [0.5, 0.6) is 5.75 Å². The summed E-state index contributed by atoms with van der Waals surface area (Å²) in [5, 5.41) is 11.3. The molecule has 5 heteroatoms. The van der Waals surface area contributed by atoms with Crippen LogP contribution in [-0.4, -0.2) is 28.3 Å². The van der Waals surface area contributed by atoms with Gasteiger partial charge in [-0.25, -0.2) is 0 Å². The Kier molecular flexibility index (Phi) is 6.31. The molecule has 1 aliphatic heterocycles. The number of rotatable bonds is 6. The number of Topliss-reactive ketones (excluding diaryl/α,β-unsaturated/α-hetero) is 1. The maximum absolute atomic E-state index is 13.2. The average Bonchev–Trinajstić information content (AvgIpc) is 3.06. The molecule has 1 unspecified atom stereocenters. The second kappa shape index (κ2) is 9.33. The zero-order valence-electron chi connectivity index (χ0n) is 19.0. The third-order valence-corrected chi connectivity index (χ3v) is 5.89. The van der Waals surface area contributed by atoms with E-state index in [4.69, 9.17) is 4.74 Å². The second-order valence-corrected chi connectivity index (χ2v) is 8.23. The van der Waals surface area contributed by atoms with Gasteiger partial charge in [-0.3, -0.25) is 9.59 Å². The first-order valence-corrected chi connectivity index (χ1v) is 11.0. The van der Waals surface area contributed by atoms with Crippen molar-refractivity contribution in [1.29, 1.82) is 0 Å². The van der Waals surface area contributed by atoms with E-state index in [1.54, 1.807) is 0 Å². The number of aliphatic hydroxyl groups excluding tert-OH is 1. The molecular weight excluding hydrogens is 414 g/mol. The number of carbonyl (C=O) groups excluding carboxylic acids is 2. The molecule has 1 fully saturated rings. The molecule has 0 radical (unpaired) electrons. The van der Waals surface area contributed by atoms with Gasteiger partial charge in [0.25, 0.3) is 11.7 Å². The van der Waals surface area contributed by atoms with Crippen molar-refractivity contribution >= 4 is 17.4 Å². The first kappa shape index (κ1) is 22.3. The molecule has 0 aromatic heterocycles. The highest BCUT2D eigenvalue weighted by molar-refractivity contribution is 6.46. The van der Waals surface area contributed by atoms with Crippen LogP contribution < -0.4 is 4.74 Å². The summed E-state index contributed by atoms with van der Waals surface area (Å²) < 4.78 is 5.55. The first-order valence-electron chi connectivity index (χ1n) is 11.0. The van der Waals surface area contributed by atoms with Crippen molar-refractivity contribution < 1.29 is 19.4 Å². The number of hydrogen-bond acceptors (Lipinski definition) is 4. The minimum absolute atomic E-state index is 0.105. The largest absolute Gasteiger partial charge is 0.507 e. The van der Waals surface area contributed by atoms with Crippen LogP contribution in [0.15, 0.2) is 78.4 Å². The fraction of sp³-hybridized carbons (Fsp3) is 0.214. The summed E-state index contributed by atoms with van der Waals surface area (Å²) in [6.07, 6.45) is 0. The van der Waals surface area contributed by atoms with Gasteiger partial charge in [-0.2, -0.15) is 0 Å². The number of aliphatic hydroxyl groups is 1. The molecule has 4 rings (SSSR count). The average molecular weight is 442 g/mol. The lowest BCUT2D eigenvalue weighted by Crippen LogP contribution is -2.29. The zero-order valence-corrected chi connectivity index (χ0v) is 19.0. The topological polar surface area (TPSA) is 66.8 Å². The predicted octanol–water partition coefficient (Wildman–Crippen LogP) is 5.32. The van der Waals surface area contributed by atoms with Gasteiger partial charge in [0.05, 0.1) is 18.2 Å². The molecule has 0 aliphatic carbocycles. The molecular formula is C28H27NO4. The van der Waals surface area contributed by atoms with Crippen LogP contribution in [0.2, 0.25) is 0 Å². The van der Waals surface area contributed by atoms with Crippen LogP contribution in [0.25, 0.3) is 5.76 Å². The standard InChI is InChI=1S/C28H27NO4/c1-4-33-22-14-12-21(13-15-22)25-24(26(30)23-16-18(2)10-11-19(23)3)27(31)28(32)29(25)17-20-8-6-5-7-9-20/h5-16,25,30H,4,17H2,1-3H3. The molecule has 0 bridgehead atoms. The van der Waals surface area contributed by atoms with E-state index in [-0.39, 0.29) is 17.9 Å². The maximum Gasteiger partial charge on any atom is 0.295 e. The molecule has 1 atom stereocenters. The highest BCUT2D eigenvalue weighted by atomic mass is 16.5. The van der Waals surface area contributed by atoms with E-state index in [9.17, 15) is 14.7 Å². The van der Waals surface area contributed by atoms with Gasteiger partial charge >= 0.3 is 0 Å². The molecule has 1 N–H and O–H groups in total. The van der Waals surface area contributed by atoms with Gasteiger partial charge in [0.15, 0.2) is 0 Å². The van der Waals surface area contributed by atoms with Gasteiger partial charge in [-0.1, -0.05) is 60.2 Å². The Balaban J connectivity index is 1.87. The number of ketones is 1. The third-order valence-electron chi connectivity index (χ3n) is 5.89. The fourth-order valence-electron chi connectivity index (χ4n) is 4.22. The summed E-state index contributed by atoms with van der Waals surface area (Å²) in [7, 11) is 0. The van der Waals surface area contributed by atoms with E-state index in [1.165, 1.54) is 4.90 Å². The molecule has 33 heavy (non-hydrogen) atoms. The van der Waals surface area contributed by atoms with Crippen molar-refractivity contribution in [2.75, 3.05) is 6.61 Å². The van der Waals surface area contributed by atoms with Gasteiger partial charge in [0.1, 0.15) is 11.5 Å². The number of hydrogen-bond donors (Lipinski definition) is 1. The minimum atomic E-state index is -0.708. The van der Waals surface area contributed by atoms with E-state index in [2.05, 4.69) is 0 Å². The molecule has 1 saturated heterocycles. The van der Waals surface area contributed by atoms with Gasteiger partial charge in [0.2, 0.25) is 0 Å². The number of nitrogens with zero attached hydrogens (tertiary/aromatic N) is 1. The summed E-state index contributed by atoms with van der Waals surface area (Å²) in [4.78, 5) is 27.9. The lowest BCUT2D eigenvalue weighted by Gasteiger charge is -2.26. The Morgan fingerprint density at radius 2 is 1.67 bits per heavy atom. The lowest BCUT2D eigenvalue weighted by atomic mass is 9.93. The quantitative estimate of drug-likeness (QED) is 0.319. The van der Waals surface area contributed by atoms with Crippen molar-refractivity contribution in [3.8, 4) is 5.75 Å². The smallest absolute Gasteiger partial charge is 0.295 e. The van der Waals surface area contributed by atoms with E-state index in [0.717, 1.165) is 22.3 Å². The number of benzene rings is 3. The molecule has 0 spiro atoms. The van der Waals surface area contributed by atoms with Crippen LogP contribution in [0.3, 0.4) is 0 Å². The Morgan fingerprint density at radius 1 is 0.970 bits per heavy atom. The first-order chi connectivity index (χ1) is 15.9. The molecule has 1 amide bonds. The minimum Gasteiger partial charge on any atom is -0.507 e. The van der Waals surface area contributed by atoms with Crippen molar-refractivity contribution in [1.82, 2.24) is 4.90 Å². The van der Waals surface area contributed by atoms with Crippen LogP contribution in [-0.2, 0) is 16.1 Å². The van der Waals surface area contributed by atoms with Gasteiger partial charge in [0, 0.05) is 12.1 Å². The molecule has 3 aromatic carbocycles. The Bertz CT molecular complexity index is 1210.